The van der Waals surface area contributed by atoms with Crippen molar-refractivity contribution in [2.75, 3.05) is 7.11 Å². The van der Waals surface area contributed by atoms with Crippen LogP contribution in [-0.2, 0) is 0 Å². The largest absolute Gasteiger partial charge is 0.497 e. The Hall–Kier alpha value is -3.97. The highest BCUT2D eigenvalue weighted by atomic mass is 35.5. The lowest BCUT2D eigenvalue weighted by Crippen LogP contribution is -2.56. The molecule has 0 saturated heterocycles. The average Bonchev–Trinajstić information content (AvgIpc) is 3.09. The molecular weight excluding hydrogens is 444 g/mol. The fourth-order valence-electron chi connectivity index (χ4n) is 3.64. The summed E-state index contributed by atoms with van der Waals surface area (Å²) in [6.45, 7) is 1.48. The van der Waals surface area contributed by atoms with Crippen molar-refractivity contribution in [3.05, 3.63) is 100 Å². The van der Waals surface area contributed by atoms with Gasteiger partial charge in [-0.25, -0.2) is 5.01 Å². The number of Topliss-reactive ketones (excluding diaryl/α,β-unsaturated/α-hetero) is 1. The monoisotopic (exact) mass is 462 g/mol. The van der Waals surface area contributed by atoms with E-state index in [9.17, 15) is 19.2 Å². The second-order valence-corrected chi connectivity index (χ2v) is 7.83. The molecule has 1 heterocycles. The summed E-state index contributed by atoms with van der Waals surface area (Å²) < 4.78 is 5.12. The molecule has 0 aliphatic carbocycles. The van der Waals surface area contributed by atoms with Crippen LogP contribution in [0.25, 0.3) is 0 Å². The predicted molar refractivity (Wildman–Crippen MR) is 121 cm³/mol. The number of hydrogen-bond donors (Lipinski definition) is 0. The summed E-state index contributed by atoms with van der Waals surface area (Å²) in [4.78, 5) is 53.1. The number of fused-ring (bicyclic) bond motifs is 1. The molecule has 7 nitrogen and oxygen atoms in total. The molecule has 0 aromatic heterocycles. The molecular formula is C25H19ClN2O5. The third-order valence-corrected chi connectivity index (χ3v) is 5.66. The van der Waals surface area contributed by atoms with E-state index in [2.05, 4.69) is 0 Å². The molecule has 0 bridgehead atoms. The van der Waals surface area contributed by atoms with Gasteiger partial charge in [-0.2, -0.15) is 5.01 Å². The quantitative estimate of drug-likeness (QED) is 0.403. The first kappa shape index (κ1) is 22.2. The summed E-state index contributed by atoms with van der Waals surface area (Å²) in [6, 6.07) is 17.5. The number of hydrogen-bond acceptors (Lipinski definition) is 5. The van der Waals surface area contributed by atoms with E-state index in [1.165, 1.54) is 50.4 Å². The van der Waals surface area contributed by atoms with Crippen LogP contribution in [0, 0.1) is 0 Å². The summed E-state index contributed by atoms with van der Waals surface area (Å²) >= 11 is 5.94. The van der Waals surface area contributed by atoms with Crippen LogP contribution < -0.4 is 4.74 Å². The number of carbonyl (C=O) groups excluding carboxylic acids is 4. The van der Waals surface area contributed by atoms with Crippen molar-refractivity contribution in [2.24, 2.45) is 0 Å². The maximum atomic E-state index is 13.5. The topological polar surface area (TPSA) is 84.0 Å². The first-order valence-electron chi connectivity index (χ1n) is 10.1. The maximum Gasteiger partial charge on any atom is 0.280 e. The van der Waals surface area contributed by atoms with Gasteiger partial charge in [-0.15, -0.1) is 0 Å². The first-order valence-corrected chi connectivity index (χ1v) is 10.5. The number of hydrazine groups is 1. The third kappa shape index (κ3) is 3.99. The molecule has 0 fully saturated rings. The Kier molecular flexibility index (Phi) is 5.98. The molecule has 1 atom stereocenters. The van der Waals surface area contributed by atoms with Gasteiger partial charge in [0.2, 0.25) is 0 Å². The highest BCUT2D eigenvalue weighted by Gasteiger charge is 2.44. The van der Waals surface area contributed by atoms with E-state index in [0.29, 0.717) is 16.3 Å². The average molecular weight is 463 g/mol. The molecule has 1 aliphatic heterocycles. The number of imide groups is 1. The summed E-state index contributed by atoms with van der Waals surface area (Å²) in [5.41, 5.74) is 0.806. The van der Waals surface area contributed by atoms with Crippen LogP contribution in [0.2, 0.25) is 5.02 Å². The second kappa shape index (κ2) is 8.88. The van der Waals surface area contributed by atoms with E-state index in [1.54, 1.807) is 36.4 Å². The van der Waals surface area contributed by atoms with Crippen molar-refractivity contribution < 1.29 is 23.9 Å². The third-order valence-electron chi connectivity index (χ3n) is 5.41. The van der Waals surface area contributed by atoms with Gasteiger partial charge in [-0.05, 0) is 67.6 Å². The van der Waals surface area contributed by atoms with Crippen LogP contribution in [0.1, 0.15) is 48.4 Å². The van der Waals surface area contributed by atoms with Crippen LogP contribution in [0.5, 0.6) is 5.75 Å². The van der Waals surface area contributed by atoms with Crippen molar-refractivity contribution in [3.8, 4) is 5.75 Å². The Labute approximate surface area is 195 Å². The Morgan fingerprint density at radius 1 is 0.848 bits per heavy atom. The lowest BCUT2D eigenvalue weighted by atomic mass is 10.0. The lowest BCUT2D eigenvalue weighted by Gasteiger charge is -2.34. The molecule has 0 N–H and O–H groups in total. The van der Waals surface area contributed by atoms with Crippen molar-refractivity contribution >= 4 is 35.1 Å². The van der Waals surface area contributed by atoms with Crippen LogP contribution >= 0.6 is 11.6 Å². The SMILES string of the molecule is COc1ccc(C(=O)[C@@H](C)N(C(=O)c2ccc(Cl)cc2)N2C(=O)c3ccccc3C2=O)cc1. The van der Waals surface area contributed by atoms with Gasteiger partial charge in [0.1, 0.15) is 11.8 Å². The molecule has 3 aromatic carbocycles. The van der Waals surface area contributed by atoms with Gasteiger partial charge in [0.15, 0.2) is 5.78 Å². The Morgan fingerprint density at radius 2 is 1.36 bits per heavy atom. The number of ketones is 1. The van der Waals surface area contributed by atoms with Crippen LogP contribution in [0.3, 0.4) is 0 Å². The molecule has 0 spiro atoms. The second-order valence-electron chi connectivity index (χ2n) is 7.39. The Bertz CT molecular complexity index is 1220. The van der Waals surface area contributed by atoms with Gasteiger partial charge in [0.25, 0.3) is 17.7 Å². The first-order chi connectivity index (χ1) is 15.8. The van der Waals surface area contributed by atoms with Crippen molar-refractivity contribution in [1.82, 2.24) is 10.0 Å². The zero-order valence-corrected chi connectivity index (χ0v) is 18.6. The van der Waals surface area contributed by atoms with Gasteiger partial charge in [-0.3, -0.25) is 19.2 Å². The molecule has 4 rings (SSSR count). The van der Waals surface area contributed by atoms with Gasteiger partial charge < -0.3 is 4.74 Å². The van der Waals surface area contributed by atoms with Gasteiger partial charge >= 0.3 is 0 Å². The van der Waals surface area contributed by atoms with E-state index in [0.717, 1.165) is 10.0 Å². The highest BCUT2D eigenvalue weighted by molar-refractivity contribution is 6.30. The number of methoxy groups -OCH3 is 1. The number of rotatable bonds is 6. The molecule has 1 aliphatic rings. The van der Waals surface area contributed by atoms with E-state index in [1.807, 2.05) is 0 Å². The van der Waals surface area contributed by atoms with E-state index in [4.69, 9.17) is 16.3 Å². The minimum atomic E-state index is -1.16. The summed E-state index contributed by atoms with van der Waals surface area (Å²) in [7, 11) is 1.51. The Morgan fingerprint density at radius 3 is 1.88 bits per heavy atom. The maximum absolute atomic E-state index is 13.5. The summed E-state index contributed by atoms with van der Waals surface area (Å²) in [5, 5.41) is 2.08. The number of ether oxygens (including phenoxy) is 1. The fourth-order valence-corrected chi connectivity index (χ4v) is 3.77. The zero-order valence-electron chi connectivity index (χ0n) is 17.8. The van der Waals surface area contributed by atoms with Crippen LogP contribution in [-0.4, -0.2) is 46.7 Å². The standard InChI is InChI=1S/C25H19ClN2O5/c1-15(22(29)16-9-13-19(33-2)14-10-16)27(23(30)17-7-11-18(26)12-8-17)28-24(31)20-5-3-4-6-21(20)25(28)32/h3-15H,1-2H3/t15-/m1/s1. The number of benzene rings is 3. The molecule has 3 amide bonds. The van der Waals surface area contributed by atoms with Gasteiger partial charge in [0.05, 0.1) is 18.2 Å². The lowest BCUT2D eigenvalue weighted by molar-refractivity contribution is -0.00680. The molecule has 0 radical (unpaired) electrons. The van der Waals surface area contributed by atoms with E-state index < -0.39 is 29.5 Å². The molecule has 0 saturated carbocycles. The number of amides is 3. The molecule has 0 unspecified atom stereocenters. The van der Waals surface area contributed by atoms with Crippen molar-refractivity contribution in [2.45, 2.75) is 13.0 Å². The van der Waals surface area contributed by atoms with Crippen molar-refractivity contribution in [3.63, 3.8) is 0 Å². The normalized spacial score (nSPS) is 13.5. The summed E-state index contributed by atoms with van der Waals surface area (Å²) in [6.07, 6.45) is 0. The predicted octanol–water partition coefficient (Wildman–Crippen LogP) is 4.27. The fraction of sp³-hybridized carbons (Fsp3) is 0.120. The summed E-state index contributed by atoms with van der Waals surface area (Å²) in [5.74, 6) is -1.92. The molecule has 33 heavy (non-hydrogen) atoms. The number of nitrogens with zero attached hydrogens (tertiary/aromatic N) is 2. The molecule has 166 valence electrons. The number of carbonyl (C=O) groups is 4. The smallest absolute Gasteiger partial charge is 0.280 e. The van der Waals surface area contributed by atoms with Crippen molar-refractivity contribution in [1.29, 1.82) is 0 Å². The zero-order chi connectivity index (χ0) is 23.7. The minimum absolute atomic E-state index is 0.167. The van der Waals surface area contributed by atoms with Crippen LogP contribution in [0.4, 0.5) is 0 Å². The Balaban J connectivity index is 1.76. The number of halogens is 1. The molecule has 3 aromatic rings. The highest BCUT2D eigenvalue weighted by Crippen LogP contribution is 2.28. The molecule has 8 heteroatoms. The van der Waals surface area contributed by atoms with Gasteiger partial charge in [-0.1, -0.05) is 23.7 Å². The van der Waals surface area contributed by atoms with E-state index in [-0.39, 0.29) is 16.7 Å². The van der Waals surface area contributed by atoms with Gasteiger partial charge in [0, 0.05) is 16.1 Å². The van der Waals surface area contributed by atoms with Crippen LogP contribution in [0.15, 0.2) is 72.8 Å². The minimum Gasteiger partial charge on any atom is -0.497 e. The van der Waals surface area contributed by atoms with E-state index >= 15 is 0 Å².